The van der Waals surface area contributed by atoms with Crippen LogP contribution in [-0.2, 0) is 0 Å². The summed E-state index contributed by atoms with van der Waals surface area (Å²) in [7, 11) is 0. The molecule has 2 aliphatic rings. The van der Waals surface area contributed by atoms with E-state index in [1.54, 1.807) is 0 Å². The van der Waals surface area contributed by atoms with Crippen molar-refractivity contribution >= 4 is 16.9 Å². The monoisotopic (exact) mass is 212 g/mol. The van der Waals surface area contributed by atoms with Crippen molar-refractivity contribution in [3.8, 4) is 0 Å². The molecule has 0 aromatic heterocycles. The molecule has 1 aliphatic carbocycles. The molecule has 1 N–H and O–H groups in total. The van der Waals surface area contributed by atoms with Gasteiger partial charge in [0.05, 0.1) is 0 Å². The number of amidine groups is 1. The first kappa shape index (κ1) is 10.3. The highest BCUT2D eigenvalue weighted by molar-refractivity contribution is 8.13. The summed E-state index contributed by atoms with van der Waals surface area (Å²) in [5.41, 5.74) is 0. The number of rotatable bonds is 2. The summed E-state index contributed by atoms with van der Waals surface area (Å²) in [6, 6.07) is 0. The number of hydrogen-bond donors (Lipinski definition) is 1. The minimum atomic E-state index is 0.761. The molecule has 0 amide bonds. The lowest BCUT2D eigenvalue weighted by molar-refractivity contribution is 0.536. The predicted octanol–water partition coefficient (Wildman–Crippen LogP) is 2.51. The maximum Gasteiger partial charge on any atom is 0.156 e. The van der Waals surface area contributed by atoms with Gasteiger partial charge in [-0.2, -0.15) is 0 Å². The van der Waals surface area contributed by atoms with E-state index in [9.17, 15) is 0 Å². The zero-order chi connectivity index (χ0) is 9.80. The Morgan fingerprint density at radius 3 is 2.86 bits per heavy atom. The average Bonchev–Trinajstić information content (AvgIpc) is 2.70. The van der Waals surface area contributed by atoms with Crippen molar-refractivity contribution in [3.05, 3.63) is 0 Å². The molecule has 2 rings (SSSR count). The van der Waals surface area contributed by atoms with Crippen molar-refractivity contribution in [2.45, 2.75) is 32.6 Å². The van der Waals surface area contributed by atoms with E-state index < -0.39 is 0 Å². The lowest BCUT2D eigenvalue weighted by atomic mass is 10.1. The molecular weight excluding hydrogens is 192 g/mol. The molecule has 80 valence electrons. The van der Waals surface area contributed by atoms with Gasteiger partial charge in [0.2, 0.25) is 0 Å². The van der Waals surface area contributed by atoms with Crippen LogP contribution >= 0.6 is 11.8 Å². The number of aliphatic imine (C=N–C) groups is 1. The second-order valence-corrected chi connectivity index (χ2v) is 5.60. The summed E-state index contributed by atoms with van der Waals surface area (Å²) in [5, 5.41) is 4.69. The van der Waals surface area contributed by atoms with Crippen molar-refractivity contribution in [1.82, 2.24) is 5.32 Å². The molecule has 1 aliphatic heterocycles. The summed E-state index contributed by atoms with van der Waals surface area (Å²) in [6.07, 6.45) is 5.70. The summed E-state index contributed by atoms with van der Waals surface area (Å²) in [5.74, 6) is 2.91. The largest absolute Gasteiger partial charge is 0.365 e. The SMILES string of the molecule is CC1CN=C(NCC2CCCC2)SC1. The van der Waals surface area contributed by atoms with E-state index in [-0.39, 0.29) is 0 Å². The minimum absolute atomic E-state index is 0.761. The highest BCUT2D eigenvalue weighted by atomic mass is 32.2. The summed E-state index contributed by atoms with van der Waals surface area (Å²) >= 11 is 1.89. The summed E-state index contributed by atoms with van der Waals surface area (Å²) in [6.45, 7) is 4.43. The Bertz CT molecular complexity index is 209. The summed E-state index contributed by atoms with van der Waals surface area (Å²) in [4.78, 5) is 4.54. The highest BCUT2D eigenvalue weighted by Gasteiger charge is 2.16. The van der Waals surface area contributed by atoms with Gasteiger partial charge in [-0.3, -0.25) is 4.99 Å². The normalized spacial score (nSPS) is 28.9. The Morgan fingerprint density at radius 1 is 1.43 bits per heavy atom. The Morgan fingerprint density at radius 2 is 2.21 bits per heavy atom. The second-order valence-electron chi connectivity index (χ2n) is 4.59. The molecular formula is C11H20N2S. The van der Waals surface area contributed by atoms with Crippen molar-refractivity contribution < 1.29 is 0 Å². The van der Waals surface area contributed by atoms with Gasteiger partial charge in [-0.15, -0.1) is 0 Å². The molecule has 1 fully saturated rings. The van der Waals surface area contributed by atoms with Crippen LogP contribution in [0, 0.1) is 11.8 Å². The van der Waals surface area contributed by atoms with Gasteiger partial charge in [0.1, 0.15) is 0 Å². The fraction of sp³-hybridized carbons (Fsp3) is 0.909. The number of nitrogens with one attached hydrogen (secondary N) is 1. The van der Waals surface area contributed by atoms with Crippen molar-refractivity contribution in [3.63, 3.8) is 0 Å². The lowest BCUT2D eigenvalue weighted by Gasteiger charge is -2.19. The molecule has 1 saturated carbocycles. The van der Waals surface area contributed by atoms with E-state index >= 15 is 0 Å². The fourth-order valence-electron chi connectivity index (χ4n) is 2.11. The van der Waals surface area contributed by atoms with Gasteiger partial charge in [-0.25, -0.2) is 0 Å². The van der Waals surface area contributed by atoms with Gasteiger partial charge in [0.25, 0.3) is 0 Å². The first-order valence-electron chi connectivity index (χ1n) is 5.75. The topological polar surface area (TPSA) is 24.4 Å². The lowest BCUT2D eigenvalue weighted by Crippen LogP contribution is -2.29. The van der Waals surface area contributed by atoms with Crippen LogP contribution in [-0.4, -0.2) is 24.0 Å². The first-order chi connectivity index (χ1) is 6.84. The maximum absolute atomic E-state index is 4.54. The quantitative estimate of drug-likeness (QED) is 0.760. The van der Waals surface area contributed by atoms with Crippen LogP contribution in [0.3, 0.4) is 0 Å². The van der Waals surface area contributed by atoms with Crippen molar-refractivity contribution in [2.24, 2.45) is 16.8 Å². The Labute approximate surface area is 90.9 Å². The Hall–Kier alpha value is -0.180. The van der Waals surface area contributed by atoms with Gasteiger partial charge in [0, 0.05) is 18.8 Å². The van der Waals surface area contributed by atoms with Gasteiger partial charge < -0.3 is 5.32 Å². The van der Waals surface area contributed by atoms with Crippen LogP contribution in [0.15, 0.2) is 4.99 Å². The van der Waals surface area contributed by atoms with E-state index in [0.29, 0.717) is 0 Å². The van der Waals surface area contributed by atoms with Crippen LogP contribution in [0.5, 0.6) is 0 Å². The third-order valence-electron chi connectivity index (χ3n) is 3.07. The van der Waals surface area contributed by atoms with Crippen molar-refractivity contribution in [2.75, 3.05) is 18.8 Å². The average molecular weight is 212 g/mol. The zero-order valence-corrected chi connectivity index (χ0v) is 9.78. The zero-order valence-electron chi connectivity index (χ0n) is 8.96. The number of thioether (sulfide) groups is 1. The van der Waals surface area contributed by atoms with E-state index in [1.165, 1.54) is 36.6 Å². The molecule has 0 radical (unpaired) electrons. The number of nitrogens with zero attached hydrogens (tertiary/aromatic N) is 1. The van der Waals surface area contributed by atoms with Gasteiger partial charge in [-0.05, 0) is 24.7 Å². The molecule has 3 heteroatoms. The molecule has 0 bridgehead atoms. The van der Waals surface area contributed by atoms with E-state index in [2.05, 4.69) is 17.2 Å². The molecule has 1 unspecified atom stereocenters. The Balaban J connectivity index is 1.69. The van der Waals surface area contributed by atoms with Crippen LogP contribution < -0.4 is 5.32 Å². The van der Waals surface area contributed by atoms with Gasteiger partial charge in [0.15, 0.2) is 5.17 Å². The fourth-order valence-corrected chi connectivity index (χ4v) is 3.01. The molecule has 1 atom stereocenters. The van der Waals surface area contributed by atoms with E-state index in [1.807, 2.05) is 11.8 Å². The maximum atomic E-state index is 4.54. The van der Waals surface area contributed by atoms with Crippen molar-refractivity contribution in [1.29, 1.82) is 0 Å². The van der Waals surface area contributed by atoms with E-state index in [0.717, 1.165) is 24.9 Å². The van der Waals surface area contributed by atoms with Crippen LogP contribution in [0.2, 0.25) is 0 Å². The standard InChI is InChI=1S/C11H20N2S/c1-9-6-12-11(14-8-9)13-7-10-4-2-3-5-10/h9-10H,2-8H2,1H3,(H,12,13). The Kier molecular flexibility index (Phi) is 3.74. The molecule has 0 saturated heterocycles. The highest BCUT2D eigenvalue weighted by Crippen LogP contribution is 2.24. The molecule has 0 aromatic rings. The predicted molar refractivity (Wildman–Crippen MR) is 63.9 cm³/mol. The third-order valence-corrected chi connectivity index (χ3v) is 4.35. The number of hydrogen-bond acceptors (Lipinski definition) is 3. The summed E-state index contributed by atoms with van der Waals surface area (Å²) < 4.78 is 0. The van der Waals surface area contributed by atoms with E-state index in [4.69, 9.17) is 0 Å². The molecule has 14 heavy (non-hydrogen) atoms. The molecule has 2 nitrogen and oxygen atoms in total. The first-order valence-corrected chi connectivity index (χ1v) is 6.74. The third kappa shape index (κ3) is 2.91. The molecule has 1 heterocycles. The molecule has 0 aromatic carbocycles. The molecule has 0 spiro atoms. The smallest absolute Gasteiger partial charge is 0.156 e. The van der Waals surface area contributed by atoms with Crippen LogP contribution in [0.1, 0.15) is 32.6 Å². The van der Waals surface area contributed by atoms with Crippen LogP contribution in [0.25, 0.3) is 0 Å². The second kappa shape index (κ2) is 5.06. The van der Waals surface area contributed by atoms with Gasteiger partial charge >= 0.3 is 0 Å². The van der Waals surface area contributed by atoms with Gasteiger partial charge in [-0.1, -0.05) is 31.5 Å². The van der Waals surface area contributed by atoms with Crippen LogP contribution in [0.4, 0.5) is 0 Å². The minimum Gasteiger partial charge on any atom is -0.365 e.